The molecule has 4 rings (SSSR count). The third-order valence-corrected chi connectivity index (χ3v) is 7.83. The first-order valence-electron chi connectivity index (χ1n) is 13.0. The smallest absolute Gasteiger partial charge is 0.245 e. The summed E-state index contributed by atoms with van der Waals surface area (Å²) >= 11 is 0. The number of methoxy groups -OCH3 is 4. The maximum absolute atomic E-state index is 13.8. The minimum atomic E-state index is -4.02. The first-order chi connectivity index (χ1) is 19.9. The number of hydrogen-bond acceptors (Lipinski definition) is 13. The minimum Gasteiger partial charge on any atom is -0.481 e. The lowest BCUT2D eigenvalue weighted by Crippen LogP contribution is -2.30. The van der Waals surface area contributed by atoms with E-state index >= 15 is 0 Å². The van der Waals surface area contributed by atoms with Gasteiger partial charge in [-0.1, -0.05) is 6.07 Å². The van der Waals surface area contributed by atoms with E-state index in [2.05, 4.69) is 35.1 Å². The summed E-state index contributed by atoms with van der Waals surface area (Å²) in [5.74, 6) is -0.642. The maximum Gasteiger partial charge on any atom is 0.245 e. The van der Waals surface area contributed by atoms with Crippen LogP contribution in [-0.4, -0.2) is 81.7 Å². The number of pyridine rings is 1. The Morgan fingerprint density at radius 3 is 2.31 bits per heavy atom. The van der Waals surface area contributed by atoms with Gasteiger partial charge in [0.15, 0.2) is 33.0 Å². The largest absolute Gasteiger partial charge is 0.481 e. The number of aromatic nitrogens is 8. The van der Waals surface area contributed by atoms with E-state index in [-0.39, 0.29) is 46.5 Å². The summed E-state index contributed by atoms with van der Waals surface area (Å²) in [7, 11) is -2.68. The van der Waals surface area contributed by atoms with Gasteiger partial charge in [-0.15, -0.1) is 10.2 Å². The Morgan fingerprint density at radius 1 is 1.00 bits per heavy atom. The Kier molecular flexibility index (Phi) is 7.13. The predicted octanol–water partition coefficient (Wildman–Crippen LogP) is 1.93. The highest BCUT2D eigenvalue weighted by Crippen LogP contribution is 2.34. The van der Waals surface area contributed by atoms with E-state index in [0.29, 0.717) is 0 Å². The van der Waals surface area contributed by atoms with E-state index in [9.17, 15) is 8.42 Å². The molecular formula is C24H28N8O6S. The van der Waals surface area contributed by atoms with E-state index in [0.717, 1.165) is 5.56 Å². The zero-order valence-electron chi connectivity index (χ0n) is 24.8. The molecule has 0 unspecified atom stereocenters. The summed E-state index contributed by atoms with van der Waals surface area (Å²) in [6.45, 7) is 3.30. The van der Waals surface area contributed by atoms with Gasteiger partial charge in [0.05, 0.1) is 30.6 Å². The fourth-order valence-corrected chi connectivity index (χ4v) is 5.22. The Balaban J connectivity index is 1.85. The van der Waals surface area contributed by atoms with Crippen LogP contribution in [0.1, 0.15) is 34.4 Å². The van der Waals surface area contributed by atoms with E-state index in [4.69, 9.17) is 23.1 Å². The molecule has 0 aromatic carbocycles. The molecule has 0 spiro atoms. The molecule has 0 bridgehead atoms. The topological polar surface area (TPSA) is 166 Å². The summed E-state index contributed by atoms with van der Waals surface area (Å²) in [6.07, 6.45) is 3.37. The summed E-state index contributed by atoms with van der Waals surface area (Å²) in [4.78, 5) is 21.0. The SMILES string of the molecule is [2H]C([2H])([2H])Oc1cccc(-c2nnc(CS(=O)(=O)[C@@H](C)[C@H](OC)c3ncc(C)cn3)n2-c2c(OC)ncnc2OC)n1. The monoisotopic (exact) mass is 559 g/mol. The van der Waals surface area contributed by atoms with Gasteiger partial charge in [0.2, 0.25) is 17.6 Å². The summed E-state index contributed by atoms with van der Waals surface area (Å²) in [5.41, 5.74) is 1.01. The molecule has 4 aromatic heterocycles. The molecule has 0 fully saturated rings. The van der Waals surface area contributed by atoms with Crippen molar-refractivity contribution in [2.45, 2.75) is 31.0 Å². The second-order valence-corrected chi connectivity index (χ2v) is 10.6. The van der Waals surface area contributed by atoms with Gasteiger partial charge in [0.1, 0.15) is 23.9 Å². The number of rotatable bonds is 11. The molecular weight excluding hydrogens is 528 g/mol. The maximum atomic E-state index is 13.8. The van der Waals surface area contributed by atoms with Gasteiger partial charge >= 0.3 is 0 Å². The molecule has 2 atom stereocenters. The van der Waals surface area contributed by atoms with E-state index in [1.807, 2.05) is 6.92 Å². The third kappa shape index (κ3) is 5.63. The fourth-order valence-electron chi connectivity index (χ4n) is 3.80. The van der Waals surface area contributed by atoms with Crippen LogP contribution < -0.4 is 14.2 Å². The van der Waals surface area contributed by atoms with Crippen molar-refractivity contribution in [2.75, 3.05) is 28.4 Å². The molecule has 0 aliphatic heterocycles. The number of aryl methyl sites for hydroxylation is 1. The van der Waals surface area contributed by atoms with Crippen molar-refractivity contribution in [3.8, 4) is 34.8 Å². The molecule has 4 heterocycles. The van der Waals surface area contributed by atoms with Crippen LogP contribution in [-0.2, 0) is 20.3 Å². The van der Waals surface area contributed by atoms with Crippen LogP contribution in [0.15, 0.2) is 36.9 Å². The molecule has 14 nitrogen and oxygen atoms in total. The lowest BCUT2D eigenvalue weighted by Gasteiger charge is -2.22. The van der Waals surface area contributed by atoms with Crippen molar-refractivity contribution in [2.24, 2.45) is 0 Å². The van der Waals surface area contributed by atoms with Crippen LogP contribution in [0.4, 0.5) is 0 Å². The van der Waals surface area contributed by atoms with Gasteiger partial charge in [-0.3, -0.25) is 4.57 Å². The first kappa shape index (κ1) is 23.8. The molecule has 15 heteroatoms. The zero-order chi connectivity index (χ0) is 30.7. The van der Waals surface area contributed by atoms with Crippen LogP contribution in [0.5, 0.6) is 17.6 Å². The van der Waals surface area contributed by atoms with Crippen molar-refractivity contribution < 1.29 is 31.5 Å². The van der Waals surface area contributed by atoms with Gasteiger partial charge in [-0.2, -0.15) is 9.97 Å². The first-order valence-corrected chi connectivity index (χ1v) is 13.2. The molecule has 0 saturated heterocycles. The van der Waals surface area contributed by atoms with Gasteiger partial charge in [-0.25, -0.2) is 23.4 Å². The average Bonchev–Trinajstić information content (AvgIpc) is 3.35. The van der Waals surface area contributed by atoms with Crippen LogP contribution in [0, 0.1) is 6.92 Å². The van der Waals surface area contributed by atoms with Crippen LogP contribution in [0.25, 0.3) is 17.2 Å². The standard InChI is InChI=1S/C24H28N8O6S/c1-14-10-25-21(26-11-14)20(36-4)15(2)39(33,34)12-17-30-31-22(16-8-7-9-18(29-16)35-3)32(17)19-23(37-5)27-13-28-24(19)38-6/h7-11,13,15,20H,12H2,1-6H3/t15-,20-/m0/s1/i3D3. The Bertz CT molecular complexity index is 1630. The van der Waals surface area contributed by atoms with Crippen molar-refractivity contribution in [3.05, 3.63) is 54.1 Å². The second-order valence-electron chi connectivity index (χ2n) is 8.27. The highest BCUT2D eigenvalue weighted by Gasteiger charge is 2.35. The van der Waals surface area contributed by atoms with Crippen molar-refractivity contribution in [1.82, 2.24) is 39.7 Å². The Labute approximate surface area is 229 Å². The third-order valence-electron chi connectivity index (χ3n) is 5.79. The van der Waals surface area contributed by atoms with Crippen molar-refractivity contribution in [1.29, 1.82) is 0 Å². The molecule has 206 valence electrons. The van der Waals surface area contributed by atoms with Crippen molar-refractivity contribution >= 4 is 9.84 Å². The number of ether oxygens (including phenoxy) is 4. The molecule has 0 amide bonds. The number of nitrogens with zero attached hydrogens (tertiary/aromatic N) is 8. The molecule has 0 radical (unpaired) electrons. The van der Waals surface area contributed by atoms with Gasteiger partial charge in [0.25, 0.3) is 0 Å². The van der Waals surface area contributed by atoms with Crippen LogP contribution >= 0.6 is 0 Å². The fraction of sp³-hybridized carbons (Fsp3) is 0.375. The number of sulfone groups is 1. The minimum absolute atomic E-state index is 0.0143. The lowest BCUT2D eigenvalue weighted by molar-refractivity contribution is 0.0947. The second kappa shape index (κ2) is 11.7. The highest BCUT2D eigenvalue weighted by atomic mass is 32.2. The van der Waals surface area contributed by atoms with E-state index in [1.165, 1.54) is 57.3 Å². The normalized spacial score (nSPS) is 14.5. The van der Waals surface area contributed by atoms with E-state index in [1.54, 1.807) is 12.4 Å². The van der Waals surface area contributed by atoms with Crippen LogP contribution in [0.3, 0.4) is 0 Å². The van der Waals surface area contributed by atoms with Gasteiger partial charge in [0, 0.05) is 25.6 Å². The zero-order valence-corrected chi connectivity index (χ0v) is 22.6. The molecule has 0 saturated carbocycles. The van der Waals surface area contributed by atoms with Crippen molar-refractivity contribution in [3.63, 3.8) is 0 Å². The molecule has 0 aliphatic rings. The quantitative estimate of drug-likeness (QED) is 0.262. The average molecular weight is 560 g/mol. The predicted molar refractivity (Wildman–Crippen MR) is 138 cm³/mol. The molecule has 0 aliphatic carbocycles. The van der Waals surface area contributed by atoms with Gasteiger partial charge < -0.3 is 18.9 Å². The highest BCUT2D eigenvalue weighted by molar-refractivity contribution is 7.91. The molecule has 39 heavy (non-hydrogen) atoms. The summed E-state index contributed by atoms with van der Waals surface area (Å²) in [5, 5.41) is 7.25. The Hall–Kier alpha value is -4.24. The summed E-state index contributed by atoms with van der Waals surface area (Å²) < 4.78 is 72.4. The molecule has 0 N–H and O–H groups in total. The van der Waals surface area contributed by atoms with Crippen LogP contribution in [0.2, 0.25) is 0 Å². The summed E-state index contributed by atoms with van der Waals surface area (Å²) in [6, 6.07) is 4.38. The molecule has 4 aromatic rings. The van der Waals surface area contributed by atoms with Gasteiger partial charge in [-0.05, 0) is 25.5 Å². The Morgan fingerprint density at radius 2 is 1.69 bits per heavy atom. The number of hydrogen-bond donors (Lipinski definition) is 0. The van der Waals surface area contributed by atoms with E-state index < -0.39 is 34.0 Å². The lowest BCUT2D eigenvalue weighted by atomic mass is 10.2.